The minimum absolute atomic E-state index is 0.493. The molecular weight excluding hydrogens is 293 g/mol. The van der Waals surface area contributed by atoms with Gasteiger partial charge in [0.25, 0.3) is 0 Å². The second kappa shape index (κ2) is 7.07. The van der Waals surface area contributed by atoms with Crippen LogP contribution in [0.5, 0.6) is 0 Å². The largest absolute Gasteiger partial charge is 0.392 e. The van der Waals surface area contributed by atoms with Gasteiger partial charge in [-0.2, -0.15) is 0 Å². The number of aromatic nitrogens is 1. The number of rotatable bonds is 5. The molecule has 1 N–H and O–H groups in total. The molecule has 4 heteroatoms. The third-order valence-electron chi connectivity index (χ3n) is 3.21. The molecule has 106 valence electrons. The molecule has 1 unspecified atom stereocenters. The fourth-order valence-corrected chi connectivity index (χ4v) is 2.53. The average molecular weight is 310 g/mol. The Morgan fingerprint density at radius 2 is 1.95 bits per heavy atom. The van der Waals surface area contributed by atoms with Crippen molar-refractivity contribution in [2.45, 2.75) is 32.3 Å². The van der Waals surface area contributed by atoms with Crippen LogP contribution in [0.1, 0.15) is 23.7 Å². The third kappa shape index (κ3) is 4.20. The Morgan fingerprint density at radius 3 is 2.55 bits per heavy atom. The Balaban J connectivity index is 1.99. The van der Waals surface area contributed by atoms with E-state index in [4.69, 9.17) is 23.2 Å². The lowest BCUT2D eigenvalue weighted by atomic mass is 10.0. The van der Waals surface area contributed by atoms with E-state index in [0.29, 0.717) is 22.9 Å². The molecule has 0 saturated carbocycles. The lowest BCUT2D eigenvalue weighted by Gasteiger charge is -2.12. The van der Waals surface area contributed by atoms with Crippen molar-refractivity contribution in [3.63, 3.8) is 0 Å². The van der Waals surface area contributed by atoms with Crippen molar-refractivity contribution in [2.24, 2.45) is 0 Å². The first-order valence-electron chi connectivity index (χ1n) is 6.64. The summed E-state index contributed by atoms with van der Waals surface area (Å²) in [6, 6.07) is 9.33. The molecule has 0 saturated heterocycles. The Bertz CT molecular complexity index is 569. The molecule has 1 atom stereocenters. The maximum Gasteiger partial charge on any atom is 0.0636 e. The Morgan fingerprint density at radius 1 is 1.15 bits per heavy atom. The first-order chi connectivity index (χ1) is 9.58. The molecule has 0 amide bonds. The highest BCUT2D eigenvalue weighted by Crippen LogP contribution is 2.22. The smallest absolute Gasteiger partial charge is 0.0636 e. The summed E-state index contributed by atoms with van der Waals surface area (Å²) in [5.41, 5.74) is 2.98. The molecule has 2 nitrogen and oxygen atoms in total. The molecule has 2 rings (SSSR count). The van der Waals surface area contributed by atoms with E-state index in [0.717, 1.165) is 17.7 Å². The maximum atomic E-state index is 10.1. The quantitative estimate of drug-likeness (QED) is 0.902. The van der Waals surface area contributed by atoms with E-state index in [9.17, 15) is 5.11 Å². The highest BCUT2D eigenvalue weighted by Gasteiger charge is 2.10. The number of hydrogen-bond donors (Lipinski definition) is 1. The van der Waals surface area contributed by atoms with Crippen molar-refractivity contribution in [3.8, 4) is 0 Å². The number of benzene rings is 1. The fourth-order valence-electron chi connectivity index (χ4n) is 2.04. The predicted octanol–water partition coefficient (Wildman–Crippen LogP) is 4.10. The number of aliphatic hydroxyl groups excluding tert-OH is 1. The van der Waals surface area contributed by atoms with Gasteiger partial charge in [-0.05, 0) is 35.7 Å². The van der Waals surface area contributed by atoms with Crippen LogP contribution in [0.4, 0.5) is 0 Å². The van der Waals surface area contributed by atoms with Crippen LogP contribution in [-0.2, 0) is 19.3 Å². The zero-order valence-corrected chi connectivity index (χ0v) is 12.8. The number of aryl methyl sites for hydroxylation is 1. The molecular formula is C16H17Cl2NO. The van der Waals surface area contributed by atoms with E-state index < -0.39 is 6.10 Å². The molecule has 0 bridgehead atoms. The number of hydrogen-bond acceptors (Lipinski definition) is 2. The van der Waals surface area contributed by atoms with Crippen molar-refractivity contribution in [3.05, 3.63) is 63.4 Å². The first-order valence-corrected chi connectivity index (χ1v) is 7.40. The molecule has 0 aliphatic heterocycles. The average Bonchev–Trinajstić information content (AvgIpc) is 2.43. The summed E-state index contributed by atoms with van der Waals surface area (Å²) >= 11 is 12.0. The summed E-state index contributed by atoms with van der Waals surface area (Å²) in [7, 11) is 0. The molecule has 2 aromatic rings. The van der Waals surface area contributed by atoms with Gasteiger partial charge in [0.2, 0.25) is 0 Å². The van der Waals surface area contributed by atoms with Crippen molar-refractivity contribution in [1.82, 2.24) is 4.98 Å². The van der Waals surface area contributed by atoms with Gasteiger partial charge < -0.3 is 5.11 Å². The van der Waals surface area contributed by atoms with Gasteiger partial charge in [-0.3, -0.25) is 4.98 Å². The SMILES string of the molecule is CCc1ccc(CC(O)Cc2ccc(Cl)cc2Cl)nc1. The van der Waals surface area contributed by atoms with Gasteiger partial charge in [-0.25, -0.2) is 0 Å². The Hall–Kier alpha value is -1.09. The van der Waals surface area contributed by atoms with Crippen LogP contribution in [-0.4, -0.2) is 16.2 Å². The lowest BCUT2D eigenvalue weighted by molar-refractivity contribution is 0.174. The molecule has 20 heavy (non-hydrogen) atoms. The van der Waals surface area contributed by atoms with Crippen LogP contribution in [0.2, 0.25) is 10.0 Å². The van der Waals surface area contributed by atoms with Gasteiger partial charge >= 0.3 is 0 Å². The van der Waals surface area contributed by atoms with Gasteiger partial charge in [0.15, 0.2) is 0 Å². The normalized spacial score (nSPS) is 12.4. The van der Waals surface area contributed by atoms with E-state index in [1.807, 2.05) is 24.4 Å². The maximum absolute atomic E-state index is 10.1. The van der Waals surface area contributed by atoms with Crippen molar-refractivity contribution in [1.29, 1.82) is 0 Å². The highest BCUT2D eigenvalue weighted by atomic mass is 35.5. The summed E-state index contributed by atoms with van der Waals surface area (Å²) < 4.78 is 0. The molecule has 0 fully saturated rings. The fraction of sp³-hybridized carbons (Fsp3) is 0.312. The van der Waals surface area contributed by atoms with Crippen molar-refractivity contribution < 1.29 is 5.11 Å². The summed E-state index contributed by atoms with van der Waals surface area (Å²) in [5, 5.41) is 11.3. The molecule has 0 aliphatic rings. The Labute approximate surface area is 129 Å². The second-order valence-electron chi connectivity index (χ2n) is 4.81. The summed E-state index contributed by atoms with van der Waals surface area (Å²) in [6.07, 6.45) is 3.33. The molecule has 0 radical (unpaired) electrons. The van der Waals surface area contributed by atoms with Crippen molar-refractivity contribution in [2.75, 3.05) is 0 Å². The molecule has 0 aliphatic carbocycles. The minimum atomic E-state index is -0.506. The van der Waals surface area contributed by atoms with Gasteiger partial charge in [-0.15, -0.1) is 0 Å². The summed E-state index contributed by atoms with van der Waals surface area (Å²) in [6.45, 7) is 2.09. The van der Waals surface area contributed by atoms with Crippen LogP contribution >= 0.6 is 23.2 Å². The lowest BCUT2D eigenvalue weighted by Crippen LogP contribution is -2.15. The highest BCUT2D eigenvalue weighted by molar-refractivity contribution is 6.35. The number of pyridine rings is 1. The van der Waals surface area contributed by atoms with E-state index >= 15 is 0 Å². The molecule has 0 spiro atoms. The topological polar surface area (TPSA) is 33.1 Å². The van der Waals surface area contributed by atoms with Crippen LogP contribution in [0.25, 0.3) is 0 Å². The van der Waals surface area contributed by atoms with E-state index in [2.05, 4.69) is 11.9 Å². The molecule has 1 aromatic heterocycles. The standard InChI is InChI=1S/C16H17Cl2NO/c1-2-11-3-6-14(19-10-11)9-15(20)7-12-4-5-13(17)8-16(12)18/h3-6,8,10,15,20H,2,7,9H2,1H3. The predicted molar refractivity (Wildman–Crippen MR) is 83.5 cm³/mol. The molecule has 1 aromatic carbocycles. The van der Waals surface area contributed by atoms with Crippen LogP contribution in [0, 0.1) is 0 Å². The minimum Gasteiger partial charge on any atom is -0.392 e. The van der Waals surface area contributed by atoms with Gasteiger partial charge in [0.05, 0.1) is 6.10 Å². The monoisotopic (exact) mass is 309 g/mol. The van der Waals surface area contributed by atoms with Crippen molar-refractivity contribution >= 4 is 23.2 Å². The summed E-state index contributed by atoms with van der Waals surface area (Å²) in [4.78, 5) is 4.35. The second-order valence-corrected chi connectivity index (χ2v) is 5.65. The van der Waals surface area contributed by atoms with Gasteiger partial charge in [0.1, 0.15) is 0 Å². The van der Waals surface area contributed by atoms with E-state index in [1.165, 1.54) is 5.56 Å². The number of halogens is 2. The Kier molecular flexibility index (Phi) is 5.41. The van der Waals surface area contributed by atoms with Crippen LogP contribution in [0.15, 0.2) is 36.5 Å². The van der Waals surface area contributed by atoms with E-state index in [1.54, 1.807) is 12.1 Å². The third-order valence-corrected chi connectivity index (χ3v) is 3.80. The first kappa shape index (κ1) is 15.3. The zero-order valence-electron chi connectivity index (χ0n) is 11.3. The van der Waals surface area contributed by atoms with Gasteiger partial charge in [-0.1, -0.05) is 42.3 Å². The summed E-state index contributed by atoms with van der Waals surface area (Å²) in [5.74, 6) is 0. The van der Waals surface area contributed by atoms with E-state index in [-0.39, 0.29) is 0 Å². The molecule has 1 heterocycles. The zero-order chi connectivity index (χ0) is 14.5. The van der Waals surface area contributed by atoms with Crippen LogP contribution < -0.4 is 0 Å². The van der Waals surface area contributed by atoms with Gasteiger partial charge in [0, 0.05) is 34.8 Å². The van der Waals surface area contributed by atoms with Crippen LogP contribution in [0.3, 0.4) is 0 Å². The number of aliphatic hydroxyl groups is 1. The number of nitrogens with zero attached hydrogens (tertiary/aromatic N) is 1.